The van der Waals surface area contributed by atoms with Crippen molar-refractivity contribution in [3.8, 4) is 0 Å². The molecule has 3 heterocycles. The molecule has 0 amide bonds. The molecule has 1 aromatic carbocycles. The summed E-state index contributed by atoms with van der Waals surface area (Å²) in [6.07, 6.45) is 2.80. The van der Waals surface area contributed by atoms with E-state index in [1.165, 1.54) is 11.3 Å². The minimum atomic E-state index is -0.0117. The van der Waals surface area contributed by atoms with E-state index in [1.54, 1.807) is 12.3 Å². The van der Waals surface area contributed by atoms with E-state index in [2.05, 4.69) is 25.2 Å². The number of ketones is 1. The molecule has 4 rings (SSSR count). The highest BCUT2D eigenvalue weighted by atomic mass is 35.5. The fourth-order valence-electron chi connectivity index (χ4n) is 3.48. The maximum Gasteiger partial charge on any atom is 0.188 e. The first-order valence-electron chi connectivity index (χ1n) is 9.75. The van der Waals surface area contributed by atoms with Crippen LogP contribution < -0.4 is 16.0 Å². The quantitative estimate of drug-likeness (QED) is 0.558. The van der Waals surface area contributed by atoms with Gasteiger partial charge in [0.05, 0.1) is 11.1 Å². The number of benzene rings is 1. The molecule has 1 aliphatic rings. The van der Waals surface area contributed by atoms with Crippen molar-refractivity contribution in [1.82, 2.24) is 15.0 Å². The van der Waals surface area contributed by atoms with Gasteiger partial charge in [-0.05, 0) is 37.5 Å². The smallest absolute Gasteiger partial charge is 0.188 e. The molecule has 2 aromatic heterocycles. The van der Waals surface area contributed by atoms with E-state index in [-0.39, 0.29) is 18.2 Å². The van der Waals surface area contributed by atoms with Gasteiger partial charge in [0.15, 0.2) is 10.9 Å². The molecule has 1 aliphatic heterocycles. The molecule has 9 heteroatoms. The summed E-state index contributed by atoms with van der Waals surface area (Å²) in [6, 6.07) is 7.70. The van der Waals surface area contributed by atoms with Crippen molar-refractivity contribution in [3.63, 3.8) is 0 Å². The second-order valence-corrected chi connectivity index (χ2v) is 8.88. The third-order valence-corrected chi connectivity index (χ3v) is 6.39. The van der Waals surface area contributed by atoms with Gasteiger partial charge < -0.3 is 16.0 Å². The zero-order chi connectivity index (χ0) is 21.3. The Bertz CT molecular complexity index is 1060. The average Bonchev–Trinajstić information content (AvgIpc) is 3.33. The second-order valence-electron chi connectivity index (χ2n) is 7.44. The molecule has 1 fully saturated rings. The van der Waals surface area contributed by atoms with Crippen LogP contribution in [0.4, 0.5) is 16.8 Å². The number of nitrogens with zero attached hydrogens (tertiary/aromatic N) is 4. The van der Waals surface area contributed by atoms with Crippen molar-refractivity contribution in [2.45, 2.75) is 32.7 Å². The molecule has 7 nitrogen and oxygen atoms in total. The largest absolute Gasteiger partial charge is 0.355 e. The number of aromatic nitrogens is 3. The van der Waals surface area contributed by atoms with Gasteiger partial charge in [0.1, 0.15) is 17.5 Å². The van der Waals surface area contributed by atoms with Crippen LogP contribution >= 0.6 is 22.9 Å². The van der Waals surface area contributed by atoms with E-state index >= 15 is 0 Å². The Hall–Kier alpha value is -2.55. The number of thiazole rings is 1. The number of halogens is 1. The number of hydrogen-bond acceptors (Lipinski definition) is 8. The van der Waals surface area contributed by atoms with Gasteiger partial charge in [-0.3, -0.25) is 4.79 Å². The van der Waals surface area contributed by atoms with Gasteiger partial charge in [0, 0.05) is 36.6 Å². The number of carbonyl (C=O) groups is 1. The summed E-state index contributed by atoms with van der Waals surface area (Å²) in [7, 11) is 0. The van der Waals surface area contributed by atoms with Gasteiger partial charge in [-0.1, -0.05) is 35.1 Å². The first-order valence-corrected chi connectivity index (χ1v) is 10.9. The van der Waals surface area contributed by atoms with Crippen LogP contribution in [0.2, 0.25) is 5.02 Å². The Labute approximate surface area is 184 Å². The highest BCUT2D eigenvalue weighted by Crippen LogP contribution is 2.27. The van der Waals surface area contributed by atoms with Crippen LogP contribution in [0, 0.1) is 13.8 Å². The summed E-state index contributed by atoms with van der Waals surface area (Å²) >= 11 is 7.57. The molecule has 3 N–H and O–H groups in total. The maximum atomic E-state index is 12.7. The van der Waals surface area contributed by atoms with Crippen molar-refractivity contribution in [3.05, 3.63) is 57.3 Å². The van der Waals surface area contributed by atoms with Gasteiger partial charge in [-0.25, -0.2) is 15.0 Å². The van der Waals surface area contributed by atoms with Crippen LogP contribution in [0.3, 0.4) is 0 Å². The fourth-order valence-corrected chi connectivity index (χ4v) is 4.53. The molecule has 156 valence electrons. The monoisotopic (exact) mass is 442 g/mol. The minimum Gasteiger partial charge on any atom is -0.355 e. The molecule has 1 unspecified atom stereocenters. The van der Waals surface area contributed by atoms with E-state index in [0.717, 1.165) is 36.5 Å². The lowest BCUT2D eigenvalue weighted by atomic mass is 10.0. The van der Waals surface area contributed by atoms with Gasteiger partial charge in [0.25, 0.3) is 0 Å². The number of carbonyl (C=O) groups excluding carboxylic acids is 1. The number of hydrogen-bond donors (Lipinski definition) is 2. The van der Waals surface area contributed by atoms with E-state index < -0.39 is 0 Å². The van der Waals surface area contributed by atoms with Crippen LogP contribution in [0.1, 0.15) is 33.0 Å². The van der Waals surface area contributed by atoms with Gasteiger partial charge >= 0.3 is 0 Å². The lowest BCUT2D eigenvalue weighted by Crippen LogP contribution is -2.27. The van der Waals surface area contributed by atoms with Gasteiger partial charge in [-0.2, -0.15) is 0 Å². The molecular weight excluding hydrogens is 420 g/mol. The molecule has 1 atom stereocenters. The number of anilines is 3. The number of rotatable bonds is 6. The molecule has 30 heavy (non-hydrogen) atoms. The Balaban J connectivity index is 1.48. The summed E-state index contributed by atoms with van der Waals surface area (Å²) in [5.41, 5.74) is 7.88. The molecule has 0 aliphatic carbocycles. The van der Waals surface area contributed by atoms with E-state index in [4.69, 9.17) is 17.3 Å². The predicted octanol–water partition coefficient (Wildman–Crippen LogP) is 3.91. The fraction of sp³-hybridized carbons (Fsp3) is 0.333. The summed E-state index contributed by atoms with van der Waals surface area (Å²) in [4.78, 5) is 28.8. The number of nitrogens with two attached hydrogens (primary N) is 1. The Morgan fingerprint density at radius 2 is 2.20 bits per heavy atom. The van der Waals surface area contributed by atoms with E-state index in [1.807, 2.05) is 32.0 Å². The summed E-state index contributed by atoms with van der Waals surface area (Å²) < 4.78 is 0. The third kappa shape index (κ3) is 4.61. The normalized spacial score (nSPS) is 16.1. The third-order valence-electron chi connectivity index (χ3n) is 5.08. The SMILES string of the molecule is Cc1nc(Nc2ncc(C(=O)Cc3c(C)cccc3Cl)s2)cc(N2CCC(N)C2)n1. The van der Waals surface area contributed by atoms with Crippen LogP contribution in [-0.2, 0) is 6.42 Å². The Kier molecular flexibility index (Phi) is 5.99. The standard InChI is InChI=1S/C21H23ClN6OS/c1-12-4-3-5-16(22)15(12)8-17(29)18-10-24-21(30-18)27-19-9-20(26-13(2)25-19)28-7-6-14(23)11-28/h3-5,9-10,14H,6-8,11,23H2,1-2H3,(H,24,25,26,27). The molecule has 0 saturated carbocycles. The van der Waals surface area contributed by atoms with Gasteiger partial charge in [0.2, 0.25) is 0 Å². The number of aryl methyl sites for hydroxylation is 2. The number of Topliss-reactive ketones (excluding diaryl/α,β-unsaturated/α-hetero) is 1. The average molecular weight is 443 g/mol. The summed E-state index contributed by atoms with van der Waals surface area (Å²) in [5.74, 6) is 2.15. The molecule has 1 saturated heterocycles. The molecule has 0 bridgehead atoms. The number of nitrogens with one attached hydrogen (secondary N) is 1. The Morgan fingerprint density at radius 3 is 2.93 bits per heavy atom. The van der Waals surface area contributed by atoms with Gasteiger partial charge in [-0.15, -0.1) is 0 Å². The zero-order valence-corrected chi connectivity index (χ0v) is 18.4. The highest BCUT2D eigenvalue weighted by Gasteiger charge is 2.21. The van der Waals surface area contributed by atoms with Crippen LogP contribution in [0.5, 0.6) is 0 Å². The Morgan fingerprint density at radius 1 is 1.37 bits per heavy atom. The van der Waals surface area contributed by atoms with E-state index in [9.17, 15) is 4.79 Å². The lowest BCUT2D eigenvalue weighted by molar-refractivity contribution is 0.0996. The highest BCUT2D eigenvalue weighted by molar-refractivity contribution is 7.17. The molecule has 0 radical (unpaired) electrons. The first-order chi connectivity index (χ1) is 14.4. The summed E-state index contributed by atoms with van der Waals surface area (Å²) in [6.45, 7) is 5.48. The maximum absolute atomic E-state index is 12.7. The van der Waals surface area contributed by atoms with Crippen molar-refractivity contribution in [1.29, 1.82) is 0 Å². The minimum absolute atomic E-state index is 0.0117. The van der Waals surface area contributed by atoms with Crippen molar-refractivity contribution >= 4 is 45.5 Å². The molecular formula is C21H23ClN6OS. The lowest BCUT2D eigenvalue weighted by Gasteiger charge is -2.18. The second kappa shape index (κ2) is 8.67. The van der Waals surface area contributed by atoms with Crippen LogP contribution in [0.25, 0.3) is 0 Å². The molecule has 0 spiro atoms. The topological polar surface area (TPSA) is 97.0 Å². The van der Waals surface area contributed by atoms with Crippen molar-refractivity contribution in [2.24, 2.45) is 5.73 Å². The van der Waals surface area contributed by atoms with Crippen molar-refractivity contribution in [2.75, 3.05) is 23.3 Å². The zero-order valence-electron chi connectivity index (χ0n) is 16.9. The van der Waals surface area contributed by atoms with Crippen LogP contribution in [0.15, 0.2) is 30.5 Å². The predicted molar refractivity (Wildman–Crippen MR) is 121 cm³/mol. The summed E-state index contributed by atoms with van der Waals surface area (Å²) in [5, 5.41) is 4.42. The van der Waals surface area contributed by atoms with E-state index in [0.29, 0.717) is 26.7 Å². The van der Waals surface area contributed by atoms with Crippen LogP contribution in [-0.4, -0.2) is 39.9 Å². The first kappa shape index (κ1) is 20.7. The van der Waals surface area contributed by atoms with Crippen molar-refractivity contribution < 1.29 is 4.79 Å². The molecule has 3 aromatic rings.